The Morgan fingerprint density at radius 3 is 1.69 bits per heavy atom. The quantitative estimate of drug-likeness (QED) is 0.292. The van der Waals surface area contributed by atoms with E-state index in [1.165, 1.54) is 57.8 Å². The summed E-state index contributed by atoms with van der Waals surface area (Å²) < 4.78 is 0. The Morgan fingerprint density at radius 2 is 1.23 bits per heavy atom. The van der Waals surface area contributed by atoms with Crippen LogP contribution in [0.3, 0.4) is 0 Å². The largest absolute Gasteiger partial charge is 0.175 e. The van der Waals surface area contributed by atoms with Crippen molar-refractivity contribution in [2.45, 2.75) is 57.8 Å². The van der Waals surface area contributed by atoms with E-state index in [9.17, 15) is 0 Å². The van der Waals surface area contributed by atoms with Gasteiger partial charge in [0.05, 0.1) is 0 Å². The van der Waals surface area contributed by atoms with Crippen molar-refractivity contribution in [2.24, 2.45) is 0 Å². The summed E-state index contributed by atoms with van der Waals surface area (Å²) in [5, 5.41) is 0. The standard InChI is InChI=1S/C12H23S/c1-2-3-4-5-6-7-8-9-10-11-12-13/h2,12-13H,1,3-11H2. The van der Waals surface area contributed by atoms with E-state index in [2.05, 4.69) is 19.2 Å². The van der Waals surface area contributed by atoms with Crippen molar-refractivity contribution in [3.8, 4) is 0 Å². The van der Waals surface area contributed by atoms with Crippen molar-refractivity contribution in [3.05, 3.63) is 18.4 Å². The van der Waals surface area contributed by atoms with Crippen molar-refractivity contribution in [3.63, 3.8) is 0 Å². The topological polar surface area (TPSA) is 0 Å². The van der Waals surface area contributed by atoms with Gasteiger partial charge in [0.1, 0.15) is 0 Å². The monoisotopic (exact) mass is 199 g/mol. The van der Waals surface area contributed by atoms with Crippen molar-refractivity contribution >= 4 is 12.6 Å². The van der Waals surface area contributed by atoms with Crippen LogP contribution in [0.1, 0.15) is 57.8 Å². The zero-order valence-electron chi connectivity index (χ0n) is 8.67. The van der Waals surface area contributed by atoms with Crippen LogP contribution in [-0.4, -0.2) is 0 Å². The van der Waals surface area contributed by atoms with Crippen LogP contribution >= 0.6 is 12.6 Å². The molecule has 0 nitrogen and oxygen atoms in total. The van der Waals surface area contributed by atoms with Crippen LogP contribution in [0.2, 0.25) is 0 Å². The Balaban J connectivity index is 2.79. The van der Waals surface area contributed by atoms with E-state index >= 15 is 0 Å². The lowest BCUT2D eigenvalue weighted by atomic mass is 10.1. The van der Waals surface area contributed by atoms with Gasteiger partial charge in [0.2, 0.25) is 0 Å². The molecule has 0 heterocycles. The first kappa shape index (κ1) is 13.1. The van der Waals surface area contributed by atoms with Crippen LogP contribution in [0.25, 0.3) is 0 Å². The maximum atomic E-state index is 4.07. The molecule has 0 aromatic carbocycles. The smallest absolute Gasteiger partial charge is 0.0133 e. The van der Waals surface area contributed by atoms with E-state index in [0.717, 1.165) is 0 Å². The molecule has 0 N–H and O–H groups in total. The molecule has 0 aliphatic rings. The van der Waals surface area contributed by atoms with Gasteiger partial charge in [0.25, 0.3) is 0 Å². The highest BCUT2D eigenvalue weighted by molar-refractivity contribution is 7.82. The minimum atomic E-state index is 1.17. The summed E-state index contributed by atoms with van der Waals surface area (Å²) in [4.78, 5) is 0. The molecular formula is C12H23S. The van der Waals surface area contributed by atoms with Gasteiger partial charge in [-0.1, -0.05) is 44.6 Å². The molecule has 0 spiro atoms. The second-order valence-corrected chi connectivity index (χ2v) is 3.89. The molecule has 0 saturated heterocycles. The van der Waals surface area contributed by atoms with Crippen LogP contribution < -0.4 is 0 Å². The Morgan fingerprint density at radius 1 is 0.769 bits per heavy atom. The summed E-state index contributed by atoms with van der Waals surface area (Å²) in [6.45, 7) is 3.72. The normalized spacial score (nSPS) is 10.2. The van der Waals surface area contributed by atoms with Gasteiger partial charge in [-0.05, 0) is 19.3 Å². The fraction of sp³-hybridized carbons (Fsp3) is 0.750. The van der Waals surface area contributed by atoms with E-state index in [1.54, 1.807) is 0 Å². The first-order chi connectivity index (χ1) is 6.41. The van der Waals surface area contributed by atoms with Crippen LogP contribution in [0.4, 0.5) is 0 Å². The van der Waals surface area contributed by atoms with Crippen LogP contribution in [0, 0.1) is 5.75 Å². The number of rotatable bonds is 10. The van der Waals surface area contributed by atoms with Gasteiger partial charge >= 0.3 is 0 Å². The van der Waals surface area contributed by atoms with Gasteiger partial charge in [-0.3, -0.25) is 0 Å². The molecule has 1 heteroatoms. The van der Waals surface area contributed by atoms with E-state index in [-0.39, 0.29) is 0 Å². The van der Waals surface area contributed by atoms with E-state index in [0.29, 0.717) is 0 Å². The first-order valence-electron chi connectivity index (χ1n) is 5.48. The van der Waals surface area contributed by atoms with Crippen molar-refractivity contribution < 1.29 is 0 Å². The molecule has 0 unspecified atom stereocenters. The highest BCUT2D eigenvalue weighted by atomic mass is 32.1. The van der Waals surface area contributed by atoms with Gasteiger partial charge in [0.15, 0.2) is 0 Å². The summed E-state index contributed by atoms with van der Waals surface area (Å²) in [5.74, 6) is 1.96. The van der Waals surface area contributed by atoms with Gasteiger partial charge in [0, 0.05) is 5.75 Å². The van der Waals surface area contributed by atoms with Crippen molar-refractivity contribution in [1.29, 1.82) is 0 Å². The second kappa shape index (κ2) is 12.1. The third-order valence-corrected chi connectivity index (χ3v) is 2.50. The van der Waals surface area contributed by atoms with Crippen LogP contribution in [0.15, 0.2) is 12.7 Å². The highest BCUT2D eigenvalue weighted by Crippen LogP contribution is 2.10. The van der Waals surface area contributed by atoms with Crippen molar-refractivity contribution in [1.82, 2.24) is 0 Å². The summed E-state index contributed by atoms with van der Waals surface area (Å²) in [6, 6.07) is 0. The van der Waals surface area contributed by atoms with Gasteiger partial charge in [-0.15, -0.1) is 6.58 Å². The predicted octanol–water partition coefficient (Wildman–Crippen LogP) is 4.77. The summed E-state index contributed by atoms with van der Waals surface area (Å²) in [6.07, 6.45) is 14.0. The molecule has 0 atom stereocenters. The Labute approximate surface area is 89.2 Å². The average Bonchev–Trinajstić information content (AvgIpc) is 2.16. The molecule has 13 heavy (non-hydrogen) atoms. The second-order valence-electron chi connectivity index (χ2n) is 3.52. The van der Waals surface area contributed by atoms with Gasteiger partial charge in [-0.2, -0.15) is 12.6 Å². The molecule has 0 aromatic heterocycles. The van der Waals surface area contributed by atoms with Gasteiger partial charge < -0.3 is 0 Å². The van der Waals surface area contributed by atoms with E-state index in [4.69, 9.17) is 0 Å². The predicted molar refractivity (Wildman–Crippen MR) is 65.0 cm³/mol. The summed E-state index contributed by atoms with van der Waals surface area (Å²) >= 11 is 4.07. The number of unbranched alkanes of at least 4 members (excludes halogenated alkanes) is 8. The maximum Gasteiger partial charge on any atom is 0.0133 e. The van der Waals surface area contributed by atoms with Crippen LogP contribution in [-0.2, 0) is 0 Å². The molecular weight excluding hydrogens is 176 g/mol. The number of hydrogen-bond acceptors (Lipinski definition) is 1. The fourth-order valence-electron chi connectivity index (χ4n) is 1.41. The van der Waals surface area contributed by atoms with E-state index in [1.807, 2.05) is 11.8 Å². The van der Waals surface area contributed by atoms with E-state index < -0.39 is 0 Å². The molecule has 0 aliphatic heterocycles. The number of allylic oxidation sites excluding steroid dienone is 1. The molecule has 0 aromatic rings. The molecule has 0 rings (SSSR count). The zero-order valence-corrected chi connectivity index (χ0v) is 9.57. The van der Waals surface area contributed by atoms with Gasteiger partial charge in [-0.25, -0.2) is 0 Å². The minimum Gasteiger partial charge on any atom is -0.175 e. The molecule has 1 radical (unpaired) electrons. The maximum absolute atomic E-state index is 4.07. The number of hydrogen-bond donors (Lipinski definition) is 1. The lowest BCUT2D eigenvalue weighted by Crippen LogP contribution is -1.80. The van der Waals surface area contributed by atoms with Crippen molar-refractivity contribution in [2.75, 3.05) is 0 Å². The summed E-state index contributed by atoms with van der Waals surface area (Å²) in [7, 11) is 0. The molecule has 0 fully saturated rings. The molecule has 77 valence electrons. The lowest BCUT2D eigenvalue weighted by Gasteiger charge is -1.99. The minimum absolute atomic E-state index is 1.17. The Kier molecular flexibility index (Phi) is 12.2. The highest BCUT2D eigenvalue weighted by Gasteiger charge is 1.90. The average molecular weight is 199 g/mol. The number of thiol groups is 1. The Hall–Kier alpha value is 0.0900. The molecule has 0 amide bonds. The Bertz CT molecular complexity index is 99.3. The summed E-state index contributed by atoms with van der Waals surface area (Å²) in [5.41, 5.74) is 0. The molecule has 0 saturated carbocycles. The fourth-order valence-corrected chi connectivity index (χ4v) is 1.59. The first-order valence-corrected chi connectivity index (χ1v) is 6.00. The lowest BCUT2D eigenvalue weighted by molar-refractivity contribution is 0.583. The molecule has 0 aliphatic carbocycles. The SMILES string of the molecule is C=CCCCCCCCCC[CH]S. The third-order valence-electron chi connectivity index (χ3n) is 2.24. The molecule has 0 bridgehead atoms. The van der Waals surface area contributed by atoms with Crippen LogP contribution in [0.5, 0.6) is 0 Å². The third kappa shape index (κ3) is 12.1. The zero-order chi connectivity index (χ0) is 9.78.